The lowest BCUT2D eigenvalue weighted by atomic mass is 10.1. The van der Waals surface area contributed by atoms with Crippen molar-refractivity contribution in [1.82, 2.24) is 14.8 Å². The number of benzene rings is 2. The van der Waals surface area contributed by atoms with Crippen LogP contribution in [0.25, 0.3) is 11.3 Å². The molecule has 0 saturated carbocycles. The summed E-state index contributed by atoms with van der Waals surface area (Å²) >= 11 is 0. The monoisotopic (exact) mass is 427 g/mol. The molecule has 5 heteroatoms. The highest BCUT2D eigenvalue weighted by Crippen LogP contribution is 2.34. The zero-order valence-corrected chi connectivity index (χ0v) is 19.2. The second-order valence-electron chi connectivity index (χ2n) is 8.90. The number of hydrogen-bond acceptors (Lipinski definition) is 4. The second-order valence-corrected chi connectivity index (χ2v) is 8.90. The smallest absolute Gasteiger partial charge is 0.117 e. The van der Waals surface area contributed by atoms with Crippen molar-refractivity contribution in [2.45, 2.75) is 26.4 Å². The van der Waals surface area contributed by atoms with E-state index in [2.05, 4.69) is 99.2 Å². The lowest BCUT2D eigenvalue weighted by Crippen LogP contribution is -2.45. The number of anilines is 1. The van der Waals surface area contributed by atoms with Crippen LogP contribution in [0.2, 0.25) is 0 Å². The Balaban J connectivity index is 1.30. The van der Waals surface area contributed by atoms with Gasteiger partial charge >= 0.3 is 0 Å². The average molecular weight is 428 g/mol. The second kappa shape index (κ2) is 9.31. The average Bonchev–Trinajstić information content (AvgIpc) is 3.30. The highest BCUT2D eigenvalue weighted by atomic mass is 15.3. The summed E-state index contributed by atoms with van der Waals surface area (Å²) in [4.78, 5) is 15.7. The molecular formula is C27H33N5. The molecule has 1 unspecified atom stereocenters. The minimum absolute atomic E-state index is 0.259. The summed E-state index contributed by atoms with van der Waals surface area (Å²) in [6, 6.07) is 22.2. The fourth-order valence-electron chi connectivity index (χ4n) is 4.79. The van der Waals surface area contributed by atoms with Crippen molar-refractivity contribution >= 4 is 12.0 Å². The summed E-state index contributed by atoms with van der Waals surface area (Å²) in [5, 5.41) is 0. The van der Waals surface area contributed by atoms with E-state index in [0.29, 0.717) is 6.67 Å². The van der Waals surface area contributed by atoms with Gasteiger partial charge in [-0.25, -0.2) is 0 Å². The summed E-state index contributed by atoms with van der Waals surface area (Å²) in [6.07, 6.45) is 1.99. The van der Waals surface area contributed by atoms with Gasteiger partial charge in [-0.3, -0.25) is 9.89 Å². The van der Waals surface area contributed by atoms with E-state index in [4.69, 9.17) is 0 Å². The number of aromatic amines is 1. The standard InChI is InChI=1S/C27H33N5/c1-3-30-13-15-31(16-14-30)19-22-9-11-24(12-10-22)26-17-25-18-28-20-32(27(25)29-26)21(2)23-7-5-4-6-8-23/h4-12,17-18,21,29H,3,13-16,19-20H2,1-2H3. The van der Waals surface area contributed by atoms with E-state index in [9.17, 15) is 0 Å². The number of H-pyrrole nitrogens is 1. The first-order chi connectivity index (χ1) is 15.7. The maximum Gasteiger partial charge on any atom is 0.117 e. The minimum atomic E-state index is 0.259. The molecule has 3 heterocycles. The Morgan fingerprint density at radius 1 is 0.938 bits per heavy atom. The number of rotatable bonds is 6. The Bertz CT molecular complexity index is 1050. The number of aromatic nitrogens is 1. The summed E-state index contributed by atoms with van der Waals surface area (Å²) in [5.74, 6) is 1.16. The van der Waals surface area contributed by atoms with Gasteiger partial charge < -0.3 is 14.8 Å². The molecule has 0 bridgehead atoms. The lowest BCUT2D eigenvalue weighted by Gasteiger charge is -2.34. The fraction of sp³-hybridized carbons (Fsp3) is 0.370. The van der Waals surface area contributed by atoms with E-state index >= 15 is 0 Å². The quantitative estimate of drug-likeness (QED) is 0.615. The molecule has 166 valence electrons. The zero-order chi connectivity index (χ0) is 21.9. The van der Waals surface area contributed by atoms with Gasteiger partial charge in [0.2, 0.25) is 0 Å². The SMILES string of the molecule is CCN1CCN(Cc2ccc(-c3cc4c([nH]3)N(C(C)c3ccccc3)CN=C4)cc2)CC1. The minimum Gasteiger partial charge on any atom is -0.341 e. The molecule has 1 saturated heterocycles. The Labute approximate surface area is 191 Å². The van der Waals surface area contributed by atoms with Gasteiger partial charge in [0.1, 0.15) is 12.5 Å². The molecule has 0 spiro atoms. The molecule has 2 aromatic carbocycles. The number of likely N-dealkylation sites (N-methyl/N-ethyl adjacent to an activating group) is 1. The predicted octanol–water partition coefficient (Wildman–Crippen LogP) is 4.78. The van der Waals surface area contributed by atoms with Crippen molar-refractivity contribution in [3.8, 4) is 11.3 Å². The van der Waals surface area contributed by atoms with Crippen LogP contribution in [-0.4, -0.2) is 60.4 Å². The van der Waals surface area contributed by atoms with Crippen molar-refractivity contribution in [2.75, 3.05) is 44.3 Å². The van der Waals surface area contributed by atoms with Crippen LogP contribution in [0, 0.1) is 0 Å². The van der Waals surface area contributed by atoms with Crippen LogP contribution in [0.4, 0.5) is 5.82 Å². The van der Waals surface area contributed by atoms with Gasteiger partial charge in [-0.2, -0.15) is 0 Å². The molecule has 1 atom stereocenters. The van der Waals surface area contributed by atoms with Gasteiger partial charge in [-0.05, 0) is 36.2 Å². The van der Waals surface area contributed by atoms with Crippen LogP contribution in [0.3, 0.4) is 0 Å². The highest BCUT2D eigenvalue weighted by Gasteiger charge is 2.23. The van der Waals surface area contributed by atoms with Crippen molar-refractivity contribution in [2.24, 2.45) is 4.99 Å². The number of aliphatic imine (C=N–C) groups is 1. The molecule has 32 heavy (non-hydrogen) atoms. The van der Waals surface area contributed by atoms with Crippen molar-refractivity contribution < 1.29 is 0 Å². The molecule has 2 aliphatic heterocycles. The molecule has 5 rings (SSSR count). The first-order valence-corrected chi connectivity index (χ1v) is 11.8. The molecule has 1 fully saturated rings. The molecule has 5 nitrogen and oxygen atoms in total. The number of piperazine rings is 1. The topological polar surface area (TPSA) is 37.9 Å². The maximum atomic E-state index is 4.62. The van der Waals surface area contributed by atoms with Crippen LogP contribution < -0.4 is 4.90 Å². The Morgan fingerprint density at radius 3 is 2.38 bits per heavy atom. The van der Waals surface area contributed by atoms with Gasteiger partial charge in [0.05, 0.1) is 6.04 Å². The molecule has 3 aromatic rings. The first kappa shape index (κ1) is 21.0. The van der Waals surface area contributed by atoms with E-state index < -0.39 is 0 Å². The predicted molar refractivity (Wildman–Crippen MR) is 133 cm³/mol. The number of fused-ring (bicyclic) bond motifs is 1. The van der Waals surface area contributed by atoms with Crippen LogP contribution >= 0.6 is 0 Å². The van der Waals surface area contributed by atoms with Crippen molar-refractivity contribution in [1.29, 1.82) is 0 Å². The number of hydrogen-bond donors (Lipinski definition) is 1. The Morgan fingerprint density at radius 2 is 1.66 bits per heavy atom. The Hall–Kier alpha value is -2.89. The molecule has 1 aromatic heterocycles. The van der Waals surface area contributed by atoms with Crippen molar-refractivity contribution in [3.05, 3.63) is 77.4 Å². The number of nitrogens with zero attached hydrogens (tertiary/aromatic N) is 4. The van der Waals surface area contributed by atoms with E-state index in [0.717, 1.165) is 43.3 Å². The molecule has 2 aliphatic rings. The fourth-order valence-corrected chi connectivity index (χ4v) is 4.79. The van der Waals surface area contributed by atoms with Crippen LogP contribution in [0.1, 0.15) is 36.6 Å². The van der Waals surface area contributed by atoms with Crippen LogP contribution in [0.5, 0.6) is 0 Å². The van der Waals surface area contributed by atoms with E-state index in [-0.39, 0.29) is 6.04 Å². The largest absolute Gasteiger partial charge is 0.341 e. The third-order valence-corrected chi connectivity index (χ3v) is 6.91. The zero-order valence-electron chi connectivity index (χ0n) is 19.2. The van der Waals surface area contributed by atoms with Crippen LogP contribution in [-0.2, 0) is 6.54 Å². The van der Waals surface area contributed by atoms with Gasteiger partial charge in [-0.15, -0.1) is 0 Å². The molecule has 0 amide bonds. The van der Waals surface area contributed by atoms with Gasteiger partial charge in [0.15, 0.2) is 0 Å². The van der Waals surface area contributed by atoms with Gasteiger partial charge in [0, 0.05) is 50.2 Å². The maximum absolute atomic E-state index is 4.62. The van der Waals surface area contributed by atoms with Crippen LogP contribution in [0.15, 0.2) is 65.7 Å². The van der Waals surface area contributed by atoms with E-state index in [1.807, 2.05) is 6.21 Å². The normalized spacial score (nSPS) is 18.0. The van der Waals surface area contributed by atoms with E-state index in [1.165, 1.54) is 29.8 Å². The third-order valence-electron chi connectivity index (χ3n) is 6.91. The molecule has 1 N–H and O–H groups in total. The van der Waals surface area contributed by atoms with Gasteiger partial charge in [-0.1, -0.05) is 61.5 Å². The lowest BCUT2D eigenvalue weighted by molar-refractivity contribution is 0.132. The third kappa shape index (κ3) is 4.36. The first-order valence-electron chi connectivity index (χ1n) is 11.8. The van der Waals surface area contributed by atoms with E-state index in [1.54, 1.807) is 0 Å². The number of nitrogens with one attached hydrogen (secondary N) is 1. The summed E-state index contributed by atoms with van der Waals surface area (Å²) in [6.45, 7) is 12.1. The summed E-state index contributed by atoms with van der Waals surface area (Å²) in [7, 11) is 0. The highest BCUT2D eigenvalue weighted by molar-refractivity contribution is 5.91. The van der Waals surface area contributed by atoms with Gasteiger partial charge in [0.25, 0.3) is 0 Å². The molecular weight excluding hydrogens is 394 g/mol. The Kier molecular flexibility index (Phi) is 6.10. The summed E-state index contributed by atoms with van der Waals surface area (Å²) < 4.78 is 0. The molecule has 0 aliphatic carbocycles. The summed E-state index contributed by atoms with van der Waals surface area (Å²) in [5.41, 5.74) is 6.22. The van der Waals surface area contributed by atoms with Crippen molar-refractivity contribution in [3.63, 3.8) is 0 Å². The molecule has 0 radical (unpaired) electrons.